The van der Waals surface area contributed by atoms with Crippen LogP contribution >= 0.6 is 11.3 Å². The summed E-state index contributed by atoms with van der Waals surface area (Å²) in [5, 5.41) is 19.5. The summed E-state index contributed by atoms with van der Waals surface area (Å²) >= 11 is 1.60. The van der Waals surface area contributed by atoms with Crippen LogP contribution in [0.15, 0.2) is 34.6 Å². The lowest BCUT2D eigenvalue weighted by atomic mass is 10.1. The Morgan fingerprint density at radius 1 is 1.29 bits per heavy atom. The van der Waals surface area contributed by atoms with Crippen LogP contribution in [0.2, 0.25) is 0 Å². The van der Waals surface area contributed by atoms with Crippen LogP contribution in [0.25, 0.3) is 0 Å². The van der Waals surface area contributed by atoms with E-state index in [4.69, 9.17) is 0 Å². The third-order valence-electron chi connectivity index (χ3n) is 3.61. The smallest absolute Gasteiger partial charge is 0.406 e. The van der Waals surface area contributed by atoms with Crippen molar-refractivity contribution in [2.45, 2.75) is 32.7 Å². The van der Waals surface area contributed by atoms with E-state index in [9.17, 15) is 18.3 Å². The summed E-state index contributed by atoms with van der Waals surface area (Å²) in [4.78, 5) is 8.72. The van der Waals surface area contributed by atoms with Crippen LogP contribution in [0.4, 0.5) is 13.2 Å². The van der Waals surface area contributed by atoms with Crippen molar-refractivity contribution >= 4 is 17.3 Å². The minimum Gasteiger partial charge on any atom is -0.406 e. The van der Waals surface area contributed by atoms with Gasteiger partial charge < -0.3 is 20.5 Å². The predicted molar refractivity (Wildman–Crippen MR) is 103 cm³/mol. The van der Waals surface area contributed by atoms with Crippen molar-refractivity contribution in [2.75, 3.05) is 19.6 Å². The van der Waals surface area contributed by atoms with Gasteiger partial charge in [-0.2, -0.15) is 0 Å². The second-order valence-electron chi connectivity index (χ2n) is 5.89. The molecule has 0 saturated carbocycles. The summed E-state index contributed by atoms with van der Waals surface area (Å²) in [5.41, 5.74) is 1.46. The number of aliphatic imine (C=N–C) groups is 1. The van der Waals surface area contributed by atoms with E-state index in [0.29, 0.717) is 24.6 Å². The molecular weight excluding hydrogens is 393 g/mol. The summed E-state index contributed by atoms with van der Waals surface area (Å²) in [5.74, 6) is 0.213. The summed E-state index contributed by atoms with van der Waals surface area (Å²) < 4.78 is 40.4. The molecule has 28 heavy (non-hydrogen) atoms. The van der Waals surface area contributed by atoms with Crippen molar-refractivity contribution in [1.29, 1.82) is 0 Å². The van der Waals surface area contributed by atoms with E-state index in [1.807, 2.05) is 19.2 Å². The number of halogens is 3. The molecular formula is C18H23F3N4O2S. The van der Waals surface area contributed by atoms with Gasteiger partial charge in [0.25, 0.3) is 0 Å². The predicted octanol–water partition coefficient (Wildman–Crippen LogP) is 3.18. The summed E-state index contributed by atoms with van der Waals surface area (Å²) in [6.07, 6.45) is -4.94. The van der Waals surface area contributed by atoms with Crippen molar-refractivity contribution in [3.05, 3.63) is 45.9 Å². The molecule has 2 rings (SSSR count). The number of benzene rings is 1. The van der Waals surface area contributed by atoms with Gasteiger partial charge in [0.15, 0.2) is 5.96 Å². The molecule has 1 aromatic carbocycles. The zero-order valence-electron chi connectivity index (χ0n) is 15.6. The average molecular weight is 416 g/mol. The molecule has 1 atom stereocenters. The number of hydrogen-bond donors (Lipinski definition) is 3. The molecule has 0 bridgehead atoms. The number of aliphatic hydroxyl groups excluding tert-OH is 1. The normalized spacial score (nSPS) is 13.3. The van der Waals surface area contributed by atoms with Gasteiger partial charge in [-0.25, -0.2) is 4.98 Å². The molecule has 1 unspecified atom stereocenters. The average Bonchev–Trinajstić information content (AvgIpc) is 3.04. The van der Waals surface area contributed by atoms with E-state index < -0.39 is 12.5 Å². The minimum atomic E-state index is -4.74. The molecule has 0 aliphatic heterocycles. The van der Waals surface area contributed by atoms with Crippen LogP contribution in [0.5, 0.6) is 5.75 Å². The van der Waals surface area contributed by atoms with Crippen LogP contribution < -0.4 is 15.4 Å². The largest absolute Gasteiger partial charge is 0.573 e. The highest BCUT2D eigenvalue weighted by Gasteiger charge is 2.31. The summed E-state index contributed by atoms with van der Waals surface area (Å²) in [6.45, 7) is 5.23. The van der Waals surface area contributed by atoms with E-state index >= 15 is 0 Å². The first-order valence-corrected chi connectivity index (χ1v) is 9.61. The molecule has 1 heterocycles. The van der Waals surface area contributed by atoms with Crippen molar-refractivity contribution in [1.82, 2.24) is 15.6 Å². The molecule has 0 amide bonds. The number of aromatic nitrogens is 1. The van der Waals surface area contributed by atoms with E-state index in [1.54, 1.807) is 11.3 Å². The van der Waals surface area contributed by atoms with Crippen LogP contribution in [-0.2, 0) is 6.42 Å². The van der Waals surface area contributed by atoms with Gasteiger partial charge >= 0.3 is 6.36 Å². The number of thiazole rings is 1. The second kappa shape index (κ2) is 10.3. The van der Waals surface area contributed by atoms with E-state index in [0.717, 1.165) is 29.3 Å². The summed E-state index contributed by atoms with van der Waals surface area (Å²) in [6, 6.07) is 5.09. The standard InChI is InChI=1S/C18H23F3N4O2S/c1-3-22-17(23-9-8-14-11-28-12(2)25-14)24-10-16(26)13-4-6-15(7-5-13)27-18(19,20)21/h4-7,11,16,26H,3,8-10H2,1-2H3,(H2,22,23,24). The van der Waals surface area contributed by atoms with E-state index in [1.165, 1.54) is 12.1 Å². The fraction of sp³-hybridized carbons (Fsp3) is 0.444. The number of rotatable bonds is 8. The maximum Gasteiger partial charge on any atom is 0.573 e. The van der Waals surface area contributed by atoms with E-state index in [2.05, 4.69) is 25.3 Å². The highest BCUT2D eigenvalue weighted by molar-refractivity contribution is 7.09. The molecule has 0 saturated heterocycles. The molecule has 0 radical (unpaired) electrons. The molecule has 3 N–H and O–H groups in total. The van der Waals surface area contributed by atoms with Gasteiger partial charge in [-0.1, -0.05) is 12.1 Å². The Balaban J connectivity index is 1.88. The lowest BCUT2D eigenvalue weighted by molar-refractivity contribution is -0.274. The Hall–Kier alpha value is -2.33. The third-order valence-corrected chi connectivity index (χ3v) is 4.43. The molecule has 0 aliphatic carbocycles. The SMILES string of the molecule is CCNC(=NCC(O)c1ccc(OC(F)(F)F)cc1)NCCc1csc(C)n1. The van der Waals surface area contributed by atoms with Crippen molar-refractivity contribution < 1.29 is 23.0 Å². The van der Waals surface area contributed by atoms with Crippen LogP contribution in [0.3, 0.4) is 0 Å². The highest BCUT2D eigenvalue weighted by atomic mass is 32.1. The Morgan fingerprint density at radius 2 is 2.00 bits per heavy atom. The number of aryl methyl sites for hydroxylation is 1. The Morgan fingerprint density at radius 3 is 2.57 bits per heavy atom. The molecule has 10 heteroatoms. The second-order valence-corrected chi connectivity index (χ2v) is 6.95. The first-order chi connectivity index (χ1) is 13.3. The van der Waals surface area contributed by atoms with Gasteiger partial charge in [-0.3, -0.25) is 4.99 Å². The summed E-state index contributed by atoms with van der Waals surface area (Å²) in [7, 11) is 0. The quantitative estimate of drug-likeness (QED) is 0.455. The molecule has 2 aromatic rings. The number of guanidine groups is 1. The third kappa shape index (κ3) is 7.73. The maximum atomic E-state index is 12.2. The lowest BCUT2D eigenvalue weighted by Crippen LogP contribution is -2.38. The number of nitrogens with zero attached hydrogens (tertiary/aromatic N) is 2. The number of nitrogens with one attached hydrogen (secondary N) is 2. The van der Waals surface area contributed by atoms with Gasteiger partial charge in [0.05, 0.1) is 23.4 Å². The Kier molecular flexibility index (Phi) is 8.06. The molecule has 0 spiro atoms. The molecule has 1 aromatic heterocycles. The first-order valence-electron chi connectivity index (χ1n) is 8.74. The van der Waals surface area contributed by atoms with Crippen molar-refractivity contribution in [3.63, 3.8) is 0 Å². The molecule has 6 nitrogen and oxygen atoms in total. The van der Waals surface area contributed by atoms with Gasteiger partial charge in [0, 0.05) is 24.9 Å². The fourth-order valence-corrected chi connectivity index (χ4v) is 3.00. The monoisotopic (exact) mass is 416 g/mol. The van der Waals surface area contributed by atoms with Crippen LogP contribution in [0.1, 0.15) is 29.3 Å². The fourth-order valence-electron chi connectivity index (χ4n) is 2.35. The van der Waals surface area contributed by atoms with E-state index in [-0.39, 0.29) is 12.3 Å². The highest BCUT2D eigenvalue weighted by Crippen LogP contribution is 2.24. The molecule has 154 valence electrons. The topological polar surface area (TPSA) is 78.8 Å². The van der Waals surface area contributed by atoms with Crippen LogP contribution in [-0.4, -0.2) is 42.0 Å². The van der Waals surface area contributed by atoms with Gasteiger partial charge in [0.1, 0.15) is 5.75 Å². The van der Waals surface area contributed by atoms with Crippen molar-refractivity contribution in [3.8, 4) is 5.75 Å². The molecule has 0 aliphatic rings. The maximum absolute atomic E-state index is 12.2. The minimum absolute atomic E-state index is 0.0601. The zero-order valence-corrected chi connectivity index (χ0v) is 16.4. The first kappa shape index (κ1) is 22.0. The van der Waals surface area contributed by atoms with Crippen molar-refractivity contribution in [2.24, 2.45) is 4.99 Å². The number of ether oxygens (including phenoxy) is 1. The van der Waals surface area contributed by atoms with Crippen LogP contribution in [0, 0.1) is 6.92 Å². The Bertz CT molecular complexity index is 763. The number of hydrogen-bond acceptors (Lipinski definition) is 5. The number of alkyl halides is 3. The zero-order chi connectivity index (χ0) is 20.6. The Labute approximate surface area is 165 Å². The van der Waals surface area contributed by atoms with Gasteiger partial charge in [0.2, 0.25) is 0 Å². The number of aliphatic hydroxyl groups is 1. The lowest BCUT2D eigenvalue weighted by Gasteiger charge is -2.14. The van der Waals surface area contributed by atoms with Gasteiger partial charge in [-0.05, 0) is 31.5 Å². The van der Waals surface area contributed by atoms with Gasteiger partial charge in [-0.15, -0.1) is 24.5 Å². The molecule has 0 fully saturated rings.